The summed E-state index contributed by atoms with van der Waals surface area (Å²) in [6.07, 6.45) is 0.331. The lowest BCUT2D eigenvalue weighted by Crippen LogP contribution is -2.27. The Morgan fingerprint density at radius 3 is 2.80 bits per heavy atom. The fraction of sp³-hybridized carbons (Fsp3) is 0.364. The van der Waals surface area contributed by atoms with Crippen LogP contribution in [0.3, 0.4) is 0 Å². The zero-order valence-electron chi connectivity index (χ0n) is 8.77. The van der Waals surface area contributed by atoms with Crippen LogP contribution in [-0.4, -0.2) is 31.1 Å². The third-order valence-electron chi connectivity index (χ3n) is 2.07. The highest BCUT2D eigenvalue weighted by molar-refractivity contribution is 6.31. The van der Waals surface area contributed by atoms with Crippen molar-refractivity contribution in [2.24, 2.45) is 0 Å². The molecule has 0 aliphatic rings. The molecule has 0 saturated carbocycles. The SMILES string of the molecule is CC(O)CN(C)c1cc(Cl)ccc1C=O. The Labute approximate surface area is 94.3 Å². The zero-order valence-corrected chi connectivity index (χ0v) is 9.53. The molecule has 3 nitrogen and oxygen atoms in total. The summed E-state index contributed by atoms with van der Waals surface area (Å²) in [6.45, 7) is 2.16. The molecule has 1 N–H and O–H groups in total. The maximum atomic E-state index is 10.8. The number of aliphatic hydroxyl groups excluding tert-OH is 1. The van der Waals surface area contributed by atoms with Crippen LogP contribution in [0.4, 0.5) is 5.69 Å². The smallest absolute Gasteiger partial charge is 0.152 e. The van der Waals surface area contributed by atoms with Crippen molar-refractivity contribution >= 4 is 23.6 Å². The molecule has 0 fully saturated rings. The van der Waals surface area contributed by atoms with Crippen LogP contribution in [0.15, 0.2) is 18.2 Å². The number of hydrogen-bond donors (Lipinski definition) is 1. The average Bonchev–Trinajstić information content (AvgIpc) is 2.16. The molecule has 0 aliphatic carbocycles. The lowest BCUT2D eigenvalue weighted by Gasteiger charge is -2.22. The number of carbonyl (C=O) groups is 1. The molecule has 0 spiro atoms. The van der Waals surface area contributed by atoms with E-state index in [4.69, 9.17) is 11.6 Å². The van der Waals surface area contributed by atoms with Crippen molar-refractivity contribution in [1.82, 2.24) is 0 Å². The molecular formula is C11H14ClNO2. The van der Waals surface area contributed by atoms with E-state index in [0.717, 1.165) is 12.0 Å². The average molecular weight is 228 g/mol. The number of rotatable bonds is 4. The molecule has 0 aromatic heterocycles. The molecule has 1 rings (SSSR count). The number of aliphatic hydroxyl groups is 1. The summed E-state index contributed by atoms with van der Waals surface area (Å²) in [5, 5.41) is 9.83. The third kappa shape index (κ3) is 3.22. The summed E-state index contributed by atoms with van der Waals surface area (Å²) in [7, 11) is 1.81. The van der Waals surface area contributed by atoms with E-state index in [0.29, 0.717) is 17.1 Å². The van der Waals surface area contributed by atoms with Crippen molar-refractivity contribution in [3.8, 4) is 0 Å². The van der Waals surface area contributed by atoms with Crippen LogP contribution in [-0.2, 0) is 0 Å². The summed E-state index contributed by atoms with van der Waals surface area (Å²) >= 11 is 5.85. The Morgan fingerprint density at radius 1 is 1.60 bits per heavy atom. The van der Waals surface area contributed by atoms with E-state index in [1.807, 2.05) is 7.05 Å². The first-order valence-corrected chi connectivity index (χ1v) is 5.06. The summed E-state index contributed by atoms with van der Waals surface area (Å²) in [4.78, 5) is 12.6. The molecule has 1 aromatic rings. The number of aldehydes is 1. The first-order chi connectivity index (χ1) is 7.04. The van der Waals surface area contributed by atoms with Gasteiger partial charge in [0, 0.05) is 29.9 Å². The number of anilines is 1. The molecule has 0 radical (unpaired) electrons. The number of likely N-dealkylation sites (N-methyl/N-ethyl adjacent to an activating group) is 1. The van der Waals surface area contributed by atoms with Gasteiger partial charge in [-0.2, -0.15) is 0 Å². The molecule has 0 amide bonds. The highest BCUT2D eigenvalue weighted by Crippen LogP contribution is 2.22. The van der Waals surface area contributed by atoms with E-state index in [-0.39, 0.29) is 0 Å². The molecule has 1 unspecified atom stereocenters. The normalized spacial score (nSPS) is 12.3. The first kappa shape index (κ1) is 12.0. The first-order valence-electron chi connectivity index (χ1n) is 4.68. The lowest BCUT2D eigenvalue weighted by molar-refractivity contribution is 0.112. The minimum atomic E-state index is -0.450. The summed E-state index contributed by atoms with van der Waals surface area (Å²) in [5.41, 5.74) is 1.31. The van der Waals surface area contributed by atoms with Crippen LogP contribution in [0.5, 0.6) is 0 Å². The van der Waals surface area contributed by atoms with Crippen LogP contribution >= 0.6 is 11.6 Å². The third-order valence-corrected chi connectivity index (χ3v) is 2.30. The minimum absolute atomic E-state index is 0.450. The van der Waals surface area contributed by atoms with Crippen LogP contribution in [0.2, 0.25) is 5.02 Å². The van der Waals surface area contributed by atoms with E-state index in [1.165, 1.54) is 0 Å². The molecule has 0 saturated heterocycles. The Kier molecular flexibility index (Phi) is 4.12. The van der Waals surface area contributed by atoms with Crippen LogP contribution < -0.4 is 4.90 Å². The Morgan fingerprint density at radius 2 is 2.27 bits per heavy atom. The van der Waals surface area contributed by atoms with Gasteiger partial charge in [0.1, 0.15) is 0 Å². The second kappa shape index (κ2) is 5.14. The van der Waals surface area contributed by atoms with Gasteiger partial charge in [-0.1, -0.05) is 11.6 Å². The van der Waals surface area contributed by atoms with Gasteiger partial charge in [0.2, 0.25) is 0 Å². The van der Waals surface area contributed by atoms with Gasteiger partial charge in [-0.25, -0.2) is 0 Å². The van der Waals surface area contributed by atoms with E-state index >= 15 is 0 Å². The topological polar surface area (TPSA) is 40.5 Å². The molecule has 4 heteroatoms. The minimum Gasteiger partial charge on any atom is -0.392 e. The van der Waals surface area contributed by atoms with Gasteiger partial charge in [-0.05, 0) is 25.1 Å². The molecule has 0 aliphatic heterocycles. The number of hydrogen-bond acceptors (Lipinski definition) is 3. The van der Waals surface area contributed by atoms with Gasteiger partial charge in [0.15, 0.2) is 6.29 Å². The van der Waals surface area contributed by atoms with Gasteiger partial charge < -0.3 is 10.0 Å². The quantitative estimate of drug-likeness (QED) is 0.800. The monoisotopic (exact) mass is 227 g/mol. The number of benzene rings is 1. The van der Waals surface area contributed by atoms with Crippen molar-refractivity contribution in [3.05, 3.63) is 28.8 Å². The molecular weight excluding hydrogens is 214 g/mol. The van der Waals surface area contributed by atoms with Gasteiger partial charge in [-0.15, -0.1) is 0 Å². The Hall–Kier alpha value is -1.06. The van der Waals surface area contributed by atoms with Crippen LogP contribution in [0, 0.1) is 0 Å². The molecule has 1 atom stereocenters. The Balaban J connectivity index is 2.99. The highest BCUT2D eigenvalue weighted by atomic mass is 35.5. The van der Waals surface area contributed by atoms with E-state index in [1.54, 1.807) is 30.0 Å². The van der Waals surface area contributed by atoms with E-state index in [9.17, 15) is 9.90 Å². The van der Waals surface area contributed by atoms with Gasteiger partial charge in [0.05, 0.1) is 6.10 Å². The highest BCUT2D eigenvalue weighted by Gasteiger charge is 2.09. The summed E-state index contributed by atoms with van der Waals surface area (Å²) in [6, 6.07) is 5.06. The molecule has 82 valence electrons. The maximum Gasteiger partial charge on any atom is 0.152 e. The van der Waals surface area contributed by atoms with Crippen molar-refractivity contribution in [2.45, 2.75) is 13.0 Å². The zero-order chi connectivity index (χ0) is 11.4. The fourth-order valence-electron chi connectivity index (χ4n) is 1.44. The summed E-state index contributed by atoms with van der Waals surface area (Å²) in [5.74, 6) is 0. The predicted octanol–water partition coefficient (Wildman–Crippen LogP) is 1.97. The van der Waals surface area contributed by atoms with Gasteiger partial charge >= 0.3 is 0 Å². The second-order valence-corrected chi connectivity index (χ2v) is 3.99. The van der Waals surface area contributed by atoms with Crippen LogP contribution in [0.1, 0.15) is 17.3 Å². The number of nitrogens with zero attached hydrogens (tertiary/aromatic N) is 1. The van der Waals surface area contributed by atoms with Crippen molar-refractivity contribution in [2.75, 3.05) is 18.5 Å². The van der Waals surface area contributed by atoms with Gasteiger partial charge in [-0.3, -0.25) is 4.79 Å². The Bertz CT molecular complexity index is 352. The molecule has 0 heterocycles. The van der Waals surface area contributed by atoms with Crippen molar-refractivity contribution in [1.29, 1.82) is 0 Å². The van der Waals surface area contributed by atoms with Crippen molar-refractivity contribution < 1.29 is 9.90 Å². The molecule has 15 heavy (non-hydrogen) atoms. The lowest BCUT2D eigenvalue weighted by atomic mass is 10.1. The number of carbonyl (C=O) groups excluding carboxylic acids is 1. The maximum absolute atomic E-state index is 10.8. The number of halogens is 1. The second-order valence-electron chi connectivity index (χ2n) is 3.55. The van der Waals surface area contributed by atoms with E-state index < -0.39 is 6.10 Å². The van der Waals surface area contributed by atoms with Crippen molar-refractivity contribution in [3.63, 3.8) is 0 Å². The predicted molar refractivity (Wildman–Crippen MR) is 61.8 cm³/mol. The standard InChI is InChI=1S/C11H14ClNO2/c1-8(15)6-13(2)11-5-10(12)4-3-9(11)7-14/h3-5,7-8,15H,6H2,1-2H3. The summed E-state index contributed by atoms with van der Waals surface area (Å²) < 4.78 is 0. The van der Waals surface area contributed by atoms with E-state index in [2.05, 4.69) is 0 Å². The molecule has 0 bridgehead atoms. The molecule has 1 aromatic carbocycles. The largest absolute Gasteiger partial charge is 0.392 e. The van der Waals surface area contributed by atoms with Gasteiger partial charge in [0.25, 0.3) is 0 Å². The fourth-order valence-corrected chi connectivity index (χ4v) is 1.61. The van der Waals surface area contributed by atoms with Crippen LogP contribution in [0.25, 0.3) is 0 Å².